The van der Waals surface area contributed by atoms with E-state index in [9.17, 15) is 4.79 Å². The molecule has 0 amide bonds. The van der Waals surface area contributed by atoms with Gasteiger partial charge in [-0.15, -0.1) is 0 Å². The summed E-state index contributed by atoms with van der Waals surface area (Å²) in [5.41, 5.74) is 0. The fraction of sp³-hybridized carbons (Fsp3) is 0.889. The van der Waals surface area contributed by atoms with Gasteiger partial charge in [-0.1, -0.05) is 9.24 Å². The van der Waals surface area contributed by atoms with Crippen LogP contribution in [-0.4, -0.2) is 37.4 Å². The fourth-order valence-corrected chi connectivity index (χ4v) is 1.12. The molecule has 0 heterocycles. The van der Waals surface area contributed by atoms with Gasteiger partial charge >= 0.3 is 5.97 Å². The molecule has 4 heteroatoms. The van der Waals surface area contributed by atoms with Crippen LogP contribution in [0.4, 0.5) is 0 Å². The van der Waals surface area contributed by atoms with Crippen molar-refractivity contribution in [3.8, 4) is 0 Å². The molecule has 0 spiro atoms. The Labute approximate surface area is 83.0 Å². The molecule has 0 saturated heterocycles. The van der Waals surface area contributed by atoms with Crippen LogP contribution in [0.15, 0.2) is 0 Å². The Balaban J connectivity index is 3.27. The number of carbonyl (C=O) groups excluding carboxylic acids is 1. The van der Waals surface area contributed by atoms with Gasteiger partial charge in [0.1, 0.15) is 5.85 Å². The van der Waals surface area contributed by atoms with E-state index in [-0.39, 0.29) is 11.8 Å². The Morgan fingerprint density at radius 3 is 2.54 bits per heavy atom. The third-order valence-corrected chi connectivity index (χ3v) is 1.69. The fourth-order valence-electron chi connectivity index (χ4n) is 0.964. The summed E-state index contributed by atoms with van der Waals surface area (Å²) < 4.78 is 4.97. The molecule has 3 nitrogen and oxygen atoms in total. The average molecular weight is 205 g/mol. The van der Waals surface area contributed by atoms with Gasteiger partial charge < -0.3 is 9.64 Å². The van der Waals surface area contributed by atoms with E-state index in [0.29, 0.717) is 6.42 Å². The molecule has 0 rings (SSSR count). The molecule has 0 aliphatic heterocycles. The summed E-state index contributed by atoms with van der Waals surface area (Å²) in [5, 5.41) is 0. The quantitative estimate of drug-likeness (QED) is 0.374. The van der Waals surface area contributed by atoms with Crippen molar-refractivity contribution in [1.29, 1.82) is 0 Å². The Morgan fingerprint density at radius 2 is 2.08 bits per heavy atom. The van der Waals surface area contributed by atoms with Crippen LogP contribution in [0.3, 0.4) is 0 Å². The predicted molar refractivity (Wildman–Crippen MR) is 57.7 cm³/mol. The lowest BCUT2D eigenvalue weighted by atomic mass is 10.2. The topological polar surface area (TPSA) is 29.5 Å². The van der Waals surface area contributed by atoms with Crippen molar-refractivity contribution in [2.45, 2.75) is 32.0 Å². The number of carbonyl (C=O) groups is 1. The number of esters is 1. The third-order valence-electron chi connectivity index (χ3n) is 1.55. The maximum Gasteiger partial charge on any atom is 0.306 e. The van der Waals surface area contributed by atoms with Crippen LogP contribution < -0.4 is 0 Å². The Morgan fingerprint density at radius 1 is 1.46 bits per heavy atom. The van der Waals surface area contributed by atoms with Gasteiger partial charge in [0.2, 0.25) is 0 Å². The van der Waals surface area contributed by atoms with Crippen LogP contribution in [0.1, 0.15) is 26.2 Å². The number of hydrogen-bond acceptors (Lipinski definition) is 3. The monoisotopic (exact) mass is 205 g/mol. The van der Waals surface area contributed by atoms with E-state index in [1.807, 2.05) is 21.0 Å². The Kier molecular flexibility index (Phi) is 7.20. The van der Waals surface area contributed by atoms with Gasteiger partial charge in [0.15, 0.2) is 0 Å². The van der Waals surface area contributed by atoms with Crippen LogP contribution in [0, 0.1) is 0 Å². The van der Waals surface area contributed by atoms with E-state index >= 15 is 0 Å². The molecule has 13 heavy (non-hydrogen) atoms. The summed E-state index contributed by atoms with van der Waals surface area (Å²) >= 11 is 0. The first-order valence-electron chi connectivity index (χ1n) is 4.62. The summed E-state index contributed by atoms with van der Waals surface area (Å²) in [6.45, 7) is 2.87. The van der Waals surface area contributed by atoms with Gasteiger partial charge in [0.05, 0.1) is 0 Å². The molecule has 2 atom stereocenters. The van der Waals surface area contributed by atoms with Gasteiger partial charge in [0, 0.05) is 6.42 Å². The second-order valence-electron chi connectivity index (χ2n) is 3.46. The van der Waals surface area contributed by atoms with Crippen LogP contribution in [0.5, 0.6) is 0 Å². The summed E-state index contributed by atoms with van der Waals surface area (Å²) in [4.78, 5) is 13.2. The number of ether oxygens (including phenoxy) is 1. The van der Waals surface area contributed by atoms with Gasteiger partial charge in [-0.2, -0.15) is 0 Å². The average Bonchev–Trinajstić information content (AvgIpc) is 1.96. The molecule has 0 bridgehead atoms. The van der Waals surface area contributed by atoms with Crippen molar-refractivity contribution in [3.63, 3.8) is 0 Å². The molecule has 0 aromatic rings. The summed E-state index contributed by atoms with van der Waals surface area (Å²) in [6.07, 6.45) is 2.49. The van der Waals surface area contributed by atoms with Gasteiger partial charge in [-0.05, 0) is 40.4 Å². The zero-order chi connectivity index (χ0) is 10.3. The molecule has 0 radical (unpaired) electrons. The maximum atomic E-state index is 11.0. The minimum Gasteiger partial charge on any atom is -0.459 e. The molecular formula is C9H20NO2P. The van der Waals surface area contributed by atoms with Crippen molar-refractivity contribution in [2.24, 2.45) is 0 Å². The highest BCUT2D eigenvalue weighted by Crippen LogP contribution is 2.04. The lowest BCUT2D eigenvalue weighted by Crippen LogP contribution is -2.14. The largest absolute Gasteiger partial charge is 0.459 e. The van der Waals surface area contributed by atoms with Crippen molar-refractivity contribution < 1.29 is 9.53 Å². The second kappa shape index (κ2) is 7.28. The van der Waals surface area contributed by atoms with Crippen LogP contribution >= 0.6 is 9.24 Å². The van der Waals surface area contributed by atoms with Crippen LogP contribution in [0.25, 0.3) is 0 Å². The van der Waals surface area contributed by atoms with E-state index in [1.54, 1.807) is 0 Å². The smallest absolute Gasteiger partial charge is 0.306 e. The zero-order valence-corrected chi connectivity index (χ0v) is 9.90. The summed E-state index contributed by atoms with van der Waals surface area (Å²) in [6, 6.07) is 0. The van der Waals surface area contributed by atoms with Crippen molar-refractivity contribution in [1.82, 2.24) is 4.90 Å². The van der Waals surface area contributed by atoms with E-state index in [4.69, 9.17) is 4.74 Å². The first kappa shape index (κ1) is 12.9. The van der Waals surface area contributed by atoms with E-state index in [2.05, 4.69) is 14.1 Å². The number of nitrogens with zero attached hydrogens (tertiary/aromatic N) is 1. The molecule has 0 fully saturated rings. The lowest BCUT2D eigenvalue weighted by molar-refractivity contribution is -0.144. The number of hydrogen-bond donors (Lipinski definition) is 0. The molecule has 0 aliphatic carbocycles. The van der Waals surface area contributed by atoms with Crippen molar-refractivity contribution in [2.75, 3.05) is 20.6 Å². The highest BCUT2D eigenvalue weighted by atomic mass is 31.0. The predicted octanol–water partition coefficient (Wildman–Crippen LogP) is 1.48. The molecule has 0 aliphatic rings. The van der Waals surface area contributed by atoms with Gasteiger partial charge in [-0.3, -0.25) is 4.79 Å². The second-order valence-corrected chi connectivity index (χ2v) is 4.39. The first-order chi connectivity index (χ1) is 6.02. The van der Waals surface area contributed by atoms with Crippen molar-refractivity contribution >= 4 is 15.2 Å². The van der Waals surface area contributed by atoms with E-state index in [1.165, 1.54) is 0 Å². The standard InChI is InChI=1S/C9H20NO2P/c1-8(13)12-9(11)6-4-5-7-10(2)3/h8H,4-7,13H2,1-3H3. The molecule has 78 valence electrons. The maximum absolute atomic E-state index is 11.0. The normalized spacial score (nSPS) is 13.0. The summed E-state index contributed by atoms with van der Waals surface area (Å²) in [5.74, 6) is -0.164. The van der Waals surface area contributed by atoms with Gasteiger partial charge in [-0.25, -0.2) is 0 Å². The lowest BCUT2D eigenvalue weighted by Gasteiger charge is -2.09. The molecule has 0 N–H and O–H groups in total. The van der Waals surface area contributed by atoms with Crippen LogP contribution in [-0.2, 0) is 9.53 Å². The zero-order valence-electron chi connectivity index (χ0n) is 8.75. The highest BCUT2D eigenvalue weighted by molar-refractivity contribution is 7.17. The van der Waals surface area contributed by atoms with Gasteiger partial charge in [0.25, 0.3) is 0 Å². The molecule has 0 aromatic carbocycles. The molecule has 0 saturated carbocycles. The van der Waals surface area contributed by atoms with E-state index < -0.39 is 0 Å². The molecule has 0 aromatic heterocycles. The third kappa shape index (κ3) is 9.78. The highest BCUT2D eigenvalue weighted by Gasteiger charge is 2.04. The first-order valence-corrected chi connectivity index (χ1v) is 5.29. The SMILES string of the molecule is CC(P)OC(=O)CCCCN(C)C. The summed E-state index contributed by atoms with van der Waals surface area (Å²) in [7, 11) is 6.50. The van der Waals surface area contributed by atoms with Crippen molar-refractivity contribution in [3.05, 3.63) is 0 Å². The molecular weight excluding hydrogens is 185 g/mol. The van der Waals surface area contributed by atoms with E-state index in [0.717, 1.165) is 19.4 Å². The minimum atomic E-state index is -0.0961. The Hall–Kier alpha value is -0.140. The Bertz CT molecular complexity index is 149. The number of unbranched alkanes of at least 4 members (excludes halogenated alkanes) is 1. The minimum absolute atomic E-state index is 0.0682. The number of rotatable bonds is 6. The van der Waals surface area contributed by atoms with Crippen LogP contribution in [0.2, 0.25) is 0 Å². The molecule has 2 unspecified atom stereocenters.